The molecule has 6 aromatic heterocycles. The summed E-state index contributed by atoms with van der Waals surface area (Å²) in [5.74, 6) is -1.36. The Bertz CT molecular complexity index is 3330. The van der Waals surface area contributed by atoms with Crippen molar-refractivity contribution in [3.05, 3.63) is 172 Å². The van der Waals surface area contributed by atoms with E-state index in [1.807, 2.05) is 53.1 Å². The van der Waals surface area contributed by atoms with Gasteiger partial charge in [-0.1, -0.05) is 12.1 Å². The molecule has 0 saturated carbocycles. The van der Waals surface area contributed by atoms with Crippen molar-refractivity contribution in [2.24, 2.45) is 0 Å². The quantitative estimate of drug-likeness (QED) is 0.0568. The molecule has 10 aromatic rings. The summed E-state index contributed by atoms with van der Waals surface area (Å²) in [5, 5.41) is 5.77. The zero-order valence-corrected chi connectivity index (χ0v) is 46.1. The molecule has 72 heavy (non-hydrogen) atoms. The van der Waals surface area contributed by atoms with Crippen LogP contribution in [-0.4, -0.2) is 58.2 Å². The molecule has 0 aliphatic heterocycles. The normalized spacial score (nSPS) is 11.3. The maximum absolute atomic E-state index is 14.3. The molecule has 0 bridgehead atoms. The number of nitrogens with zero attached hydrogens (tertiary/aromatic N) is 8. The van der Waals surface area contributed by atoms with Crippen LogP contribution in [0.2, 0.25) is 13.3 Å². The van der Waals surface area contributed by atoms with Gasteiger partial charge >= 0.3 is 122 Å². The molecule has 8 nitrogen and oxygen atoms in total. The van der Waals surface area contributed by atoms with E-state index in [1.165, 1.54) is 87.4 Å². The predicted octanol–water partition coefficient (Wildman–Crippen LogP) is 16.4. The summed E-state index contributed by atoms with van der Waals surface area (Å²) >= 11 is 4.60. The molecule has 6 heterocycles. The summed E-state index contributed by atoms with van der Waals surface area (Å²) < 4.78 is 61.5. The van der Waals surface area contributed by atoms with Crippen LogP contribution in [0.15, 0.2) is 148 Å². The fourth-order valence-corrected chi connectivity index (χ4v) is 27.4. The Morgan fingerprint density at radius 3 is 1.51 bits per heavy atom. The second-order valence-electron chi connectivity index (χ2n) is 17.3. The Hall–Kier alpha value is -5.88. The van der Waals surface area contributed by atoms with Gasteiger partial charge in [-0.25, -0.2) is 42.5 Å². The topological polar surface area (TPSA) is 103 Å². The Kier molecular flexibility index (Phi) is 18.3. The van der Waals surface area contributed by atoms with Crippen LogP contribution in [0.5, 0.6) is 0 Å². The fraction of sp³-hybridized carbons (Fsp3) is 0.214. The largest absolute Gasteiger partial charge is 0.264 e. The van der Waals surface area contributed by atoms with E-state index in [9.17, 15) is 17.6 Å². The number of aromatic nitrogens is 8. The number of benzene rings is 4. The van der Waals surface area contributed by atoms with Gasteiger partial charge in [0.2, 0.25) is 0 Å². The first-order valence-corrected chi connectivity index (χ1v) is 34.0. The first-order valence-electron chi connectivity index (χ1n) is 23.9. The molecule has 0 fully saturated rings. The molecule has 0 spiro atoms. The minimum atomic E-state index is -2.13. The summed E-state index contributed by atoms with van der Waals surface area (Å²) in [5.41, 5.74) is 10.1. The number of hydrogen-bond donors (Lipinski definition) is 0. The van der Waals surface area contributed by atoms with E-state index in [0.717, 1.165) is 34.0 Å². The molecular formula is C56H51BrF4N8S2Sn. The number of hydrogen-bond acceptors (Lipinski definition) is 10. The molecule has 0 unspecified atom stereocenters. The van der Waals surface area contributed by atoms with Gasteiger partial charge in [0.15, 0.2) is 11.6 Å². The van der Waals surface area contributed by atoms with E-state index >= 15 is 0 Å². The molecule has 366 valence electrons. The fourth-order valence-electron chi connectivity index (χ4n) is 8.55. The average molecular weight is 1170 g/mol. The standard InChI is InChI=1S/C22H12F2N4S.C19H10BrF2N3.3C4H9.C3H2NS.Sn/c23-15-4-5-16(18(24)9-15)13-3-6-19-17(8-13)21(20-11-29-12-26-20)28-22(27-19)14-2-1-7-25-10-14;20-18-15-8-11(14-5-4-13(21)9-16(14)22)3-6-17(15)24-19(25-18)12-2-1-7-23-10-12;3*1-3-4-2;1-2-5-3-4-1;/h1-12H;1-10H;3*1,3-4H2,2H3;2-3H;. The molecule has 0 atom stereocenters. The van der Waals surface area contributed by atoms with Crippen LogP contribution in [-0.2, 0) is 0 Å². The summed E-state index contributed by atoms with van der Waals surface area (Å²) in [6.45, 7) is 6.99. The van der Waals surface area contributed by atoms with Crippen LogP contribution < -0.4 is 3.71 Å². The molecule has 10 rings (SSSR count). The number of fused-ring (bicyclic) bond motifs is 2. The zero-order chi connectivity index (χ0) is 50.5. The summed E-state index contributed by atoms with van der Waals surface area (Å²) in [6.07, 6.45) is 15.1. The first kappa shape index (κ1) is 52.4. The molecule has 0 radical (unpaired) electrons. The van der Waals surface area contributed by atoms with E-state index in [4.69, 9.17) is 9.97 Å². The number of rotatable bonds is 15. The molecule has 16 heteroatoms. The molecule has 0 amide bonds. The first-order chi connectivity index (χ1) is 35.1. The van der Waals surface area contributed by atoms with Crippen LogP contribution in [0.3, 0.4) is 0 Å². The van der Waals surface area contributed by atoms with E-state index < -0.39 is 41.6 Å². The smallest absolute Gasteiger partial charge is 0.162 e. The summed E-state index contributed by atoms with van der Waals surface area (Å²) in [4.78, 5) is 35.7. The van der Waals surface area contributed by atoms with Gasteiger partial charge in [-0.2, -0.15) is 0 Å². The van der Waals surface area contributed by atoms with Crippen LogP contribution in [0.25, 0.3) is 78.2 Å². The maximum Gasteiger partial charge on any atom is 0.162 e. The molecule has 4 aromatic carbocycles. The third kappa shape index (κ3) is 12.8. The predicted molar refractivity (Wildman–Crippen MR) is 292 cm³/mol. The Balaban J connectivity index is 0.000000149. The Morgan fingerprint density at radius 2 is 1.04 bits per heavy atom. The van der Waals surface area contributed by atoms with Crippen molar-refractivity contribution in [3.8, 4) is 56.4 Å². The van der Waals surface area contributed by atoms with Crippen LogP contribution in [0.1, 0.15) is 59.3 Å². The third-order valence-corrected chi connectivity index (χ3v) is 29.8. The summed E-state index contributed by atoms with van der Waals surface area (Å²) in [7, 11) is 0. The number of thiazole rings is 2. The van der Waals surface area contributed by atoms with Crippen LogP contribution in [0, 0.1) is 23.3 Å². The van der Waals surface area contributed by atoms with Crippen molar-refractivity contribution in [1.82, 2.24) is 39.9 Å². The van der Waals surface area contributed by atoms with Crippen LogP contribution in [0.4, 0.5) is 17.6 Å². The minimum Gasteiger partial charge on any atom is -0.264 e. The van der Waals surface area contributed by atoms with E-state index in [2.05, 4.69) is 77.5 Å². The second-order valence-corrected chi connectivity index (χ2v) is 32.5. The van der Waals surface area contributed by atoms with Crippen molar-refractivity contribution in [3.63, 3.8) is 0 Å². The van der Waals surface area contributed by atoms with Gasteiger partial charge in [0, 0.05) is 75.3 Å². The van der Waals surface area contributed by atoms with Crippen molar-refractivity contribution in [1.29, 1.82) is 0 Å². The zero-order valence-electron chi connectivity index (χ0n) is 40.0. The molecule has 0 aliphatic carbocycles. The minimum absolute atomic E-state index is 0.314. The summed E-state index contributed by atoms with van der Waals surface area (Å²) in [6, 6.07) is 25.2. The Labute approximate surface area is 437 Å². The van der Waals surface area contributed by atoms with E-state index in [-0.39, 0.29) is 0 Å². The Morgan fingerprint density at radius 1 is 0.528 bits per heavy atom. The van der Waals surface area contributed by atoms with Gasteiger partial charge in [0.25, 0.3) is 0 Å². The molecule has 0 aliphatic rings. The number of unbranched alkanes of at least 4 members (excludes halogenated alkanes) is 3. The van der Waals surface area contributed by atoms with Crippen LogP contribution >= 0.6 is 38.6 Å². The SMILES string of the molecule is CCC[CH2][Sn]([CH2]CCC)([CH2]CCC)[c]1cscn1.Fc1ccc(-c2ccc3nc(-c4cccnc4)nc(-c4cscn4)c3c2)c(F)c1.Fc1ccc(-c2ccc3nc(-c4cccnc4)nc(Br)c3c2)c(F)c1. The van der Waals surface area contributed by atoms with Gasteiger partial charge in [0.1, 0.15) is 39.3 Å². The van der Waals surface area contributed by atoms with Crippen molar-refractivity contribution in [2.45, 2.75) is 72.6 Å². The average Bonchev–Trinajstić information content (AvgIpc) is 4.16. The second kappa shape index (κ2) is 25.2. The van der Waals surface area contributed by atoms with Crippen molar-refractivity contribution >= 4 is 82.5 Å². The van der Waals surface area contributed by atoms with E-state index in [0.29, 0.717) is 60.9 Å². The van der Waals surface area contributed by atoms with Gasteiger partial charge < -0.3 is 0 Å². The van der Waals surface area contributed by atoms with Crippen molar-refractivity contribution < 1.29 is 17.6 Å². The molecular weight excluding hydrogens is 1120 g/mol. The number of pyridine rings is 2. The monoisotopic (exact) mass is 1170 g/mol. The van der Waals surface area contributed by atoms with Gasteiger partial charge in [-0.05, 0) is 99.9 Å². The molecule has 0 N–H and O–H groups in total. The molecule has 0 saturated heterocycles. The van der Waals surface area contributed by atoms with Crippen molar-refractivity contribution in [2.75, 3.05) is 0 Å². The van der Waals surface area contributed by atoms with E-state index in [1.54, 1.807) is 58.3 Å². The maximum atomic E-state index is 14.3. The van der Waals surface area contributed by atoms with Gasteiger partial charge in [-0.15, -0.1) is 11.3 Å². The van der Waals surface area contributed by atoms with Gasteiger partial charge in [-0.3, -0.25) is 9.97 Å². The van der Waals surface area contributed by atoms with Gasteiger partial charge in [0.05, 0.1) is 16.5 Å². The third-order valence-electron chi connectivity index (χ3n) is 12.3. The number of halogens is 5.